The van der Waals surface area contributed by atoms with E-state index in [4.69, 9.17) is 5.11 Å². The molecule has 0 unspecified atom stereocenters. The lowest BCUT2D eigenvalue weighted by atomic mass is 10.00. The van der Waals surface area contributed by atoms with E-state index in [1.54, 1.807) is 6.07 Å². The minimum absolute atomic E-state index is 0.384. The highest BCUT2D eigenvalue weighted by Crippen LogP contribution is 2.18. The third kappa shape index (κ3) is 3.06. The second kappa shape index (κ2) is 5.31. The van der Waals surface area contributed by atoms with Gasteiger partial charge in [-0.3, -0.25) is 0 Å². The fourth-order valence-corrected chi connectivity index (χ4v) is 2.29. The molecule has 0 heterocycles. The van der Waals surface area contributed by atoms with Crippen LogP contribution in [-0.2, 0) is 6.42 Å². The summed E-state index contributed by atoms with van der Waals surface area (Å²) in [5.41, 5.74) is 2.36. The van der Waals surface area contributed by atoms with E-state index in [0.717, 1.165) is 14.7 Å². The molecule has 0 spiro atoms. The first-order valence-electron chi connectivity index (χ1n) is 5.22. The van der Waals surface area contributed by atoms with Gasteiger partial charge in [0, 0.05) is 3.57 Å². The van der Waals surface area contributed by atoms with Gasteiger partial charge >= 0.3 is 5.97 Å². The molecule has 0 saturated heterocycles. The monoisotopic (exact) mass is 338 g/mol. The van der Waals surface area contributed by atoms with E-state index in [-0.39, 0.29) is 0 Å². The first-order valence-corrected chi connectivity index (χ1v) is 6.30. The first kappa shape index (κ1) is 12.1. The Kier molecular flexibility index (Phi) is 3.78. The zero-order valence-corrected chi connectivity index (χ0v) is 11.2. The third-order valence-electron chi connectivity index (χ3n) is 2.54. The van der Waals surface area contributed by atoms with Crippen LogP contribution in [0, 0.1) is 3.57 Å². The number of hydrogen-bond acceptors (Lipinski definition) is 1. The van der Waals surface area contributed by atoms with Crippen molar-refractivity contribution in [1.82, 2.24) is 0 Å². The quantitative estimate of drug-likeness (QED) is 0.869. The van der Waals surface area contributed by atoms with Gasteiger partial charge in [-0.15, -0.1) is 0 Å². The van der Waals surface area contributed by atoms with Crippen LogP contribution in [0.25, 0.3) is 0 Å². The molecular formula is C14H11IO2. The second-order valence-electron chi connectivity index (χ2n) is 3.77. The van der Waals surface area contributed by atoms with Gasteiger partial charge in [0.05, 0.1) is 5.56 Å². The zero-order chi connectivity index (χ0) is 12.3. The van der Waals surface area contributed by atoms with Crippen LogP contribution in [0.1, 0.15) is 21.5 Å². The number of carboxylic acids is 1. The van der Waals surface area contributed by atoms with Crippen LogP contribution in [0.15, 0.2) is 48.5 Å². The van der Waals surface area contributed by atoms with Crippen LogP contribution < -0.4 is 0 Å². The fraction of sp³-hybridized carbons (Fsp3) is 0.0714. The van der Waals surface area contributed by atoms with E-state index in [1.807, 2.05) is 42.5 Å². The molecule has 1 N–H and O–H groups in total. The van der Waals surface area contributed by atoms with Crippen LogP contribution >= 0.6 is 22.6 Å². The van der Waals surface area contributed by atoms with Crippen molar-refractivity contribution in [3.05, 3.63) is 68.8 Å². The van der Waals surface area contributed by atoms with Gasteiger partial charge in [0.2, 0.25) is 0 Å². The van der Waals surface area contributed by atoms with Crippen molar-refractivity contribution in [1.29, 1.82) is 0 Å². The molecule has 0 atom stereocenters. The van der Waals surface area contributed by atoms with Crippen molar-refractivity contribution in [3.63, 3.8) is 0 Å². The summed E-state index contributed by atoms with van der Waals surface area (Å²) in [5.74, 6) is -0.868. The van der Waals surface area contributed by atoms with Crippen molar-refractivity contribution in [2.24, 2.45) is 0 Å². The summed E-state index contributed by atoms with van der Waals surface area (Å²) in [7, 11) is 0. The molecule has 0 fully saturated rings. The van der Waals surface area contributed by atoms with Crippen LogP contribution in [0.2, 0.25) is 0 Å². The van der Waals surface area contributed by atoms with Crippen molar-refractivity contribution in [2.75, 3.05) is 0 Å². The Morgan fingerprint density at radius 2 is 1.82 bits per heavy atom. The molecule has 2 rings (SSSR count). The molecule has 0 aliphatic carbocycles. The molecule has 0 aliphatic rings. The fourth-order valence-electron chi connectivity index (χ4n) is 1.73. The summed E-state index contributed by atoms with van der Waals surface area (Å²) in [5, 5.41) is 9.13. The van der Waals surface area contributed by atoms with Crippen LogP contribution in [0.4, 0.5) is 0 Å². The van der Waals surface area contributed by atoms with Crippen molar-refractivity contribution < 1.29 is 9.90 Å². The molecule has 0 aromatic heterocycles. The molecular weight excluding hydrogens is 327 g/mol. The van der Waals surface area contributed by atoms with Gasteiger partial charge in [0.25, 0.3) is 0 Å². The Balaban J connectivity index is 2.37. The van der Waals surface area contributed by atoms with E-state index in [2.05, 4.69) is 22.6 Å². The Hall–Kier alpha value is -1.36. The lowest BCUT2D eigenvalue weighted by molar-refractivity contribution is 0.0696. The Labute approximate surface area is 113 Å². The number of rotatable bonds is 3. The maximum absolute atomic E-state index is 11.1. The minimum Gasteiger partial charge on any atom is -0.478 e. The summed E-state index contributed by atoms with van der Waals surface area (Å²) in [4.78, 5) is 11.1. The van der Waals surface area contributed by atoms with Gasteiger partial charge < -0.3 is 5.11 Å². The van der Waals surface area contributed by atoms with E-state index >= 15 is 0 Å². The standard InChI is InChI=1S/C14H11IO2/c15-12-6-7-13(14(16)17)11(9-12)8-10-4-2-1-3-5-10/h1-7,9H,8H2,(H,16,17). The molecule has 2 aromatic rings. The van der Waals surface area contributed by atoms with E-state index in [0.29, 0.717) is 12.0 Å². The summed E-state index contributed by atoms with van der Waals surface area (Å²) in [6, 6.07) is 15.3. The lowest BCUT2D eigenvalue weighted by Crippen LogP contribution is -2.03. The number of halogens is 1. The number of benzene rings is 2. The number of hydrogen-bond donors (Lipinski definition) is 1. The number of carboxylic acid groups (broad SMARTS) is 1. The maximum atomic E-state index is 11.1. The molecule has 0 saturated carbocycles. The van der Waals surface area contributed by atoms with E-state index in [1.165, 1.54) is 0 Å². The molecule has 0 aliphatic heterocycles. The molecule has 0 bridgehead atoms. The average Bonchev–Trinajstić information content (AvgIpc) is 2.30. The number of aromatic carboxylic acids is 1. The van der Waals surface area contributed by atoms with Gasteiger partial charge in [-0.2, -0.15) is 0 Å². The SMILES string of the molecule is O=C(O)c1ccc(I)cc1Cc1ccccc1. The summed E-state index contributed by atoms with van der Waals surface area (Å²) < 4.78 is 1.05. The van der Waals surface area contributed by atoms with Crippen molar-refractivity contribution in [3.8, 4) is 0 Å². The highest BCUT2D eigenvalue weighted by molar-refractivity contribution is 14.1. The van der Waals surface area contributed by atoms with E-state index < -0.39 is 5.97 Å². The van der Waals surface area contributed by atoms with Crippen molar-refractivity contribution in [2.45, 2.75) is 6.42 Å². The number of carbonyl (C=O) groups is 1. The highest BCUT2D eigenvalue weighted by atomic mass is 127. The summed E-state index contributed by atoms with van der Waals surface area (Å²) in [6.45, 7) is 0. The minimum atomic E-state index is -0.868. The van der Waals surface area contributed by atoms with Gasteiger partial charge in [0.1, 0.15) is 0 Å². The predicted octanol–water partition coefficient (Wildman–Crippen LogP) is 3.58. The Morgan fingerprint density at radius 1 is 1.12 bits per heavy atom. The molecule has 2 aromatic carbocycles. The molecule has 3 heteroatoms. The van der Waals surface area contributed by atoms with E-state index in [9.17, 15) is 4.79 Å². The van der Waals surface area contributed by atoms with Gasteiger partial charge in [-0.25, -0.2) is 4.79 Å². The highest BCUT2D eigenvalue weighted by Gasteiger charge is 2.10. The second-order valence-corrected chi connectivity index (χ2v) is 5.01. The van der Waals surface area contributed by atoms with Crippen LogP contribution in [0.5, 0.6) is 0 Å². The smallest absolute Gasteiger partial charge is 0.335 e. The Bertz CT molecular complexity index is 535. The summed E-state index contributed by atoms with van der Waals surface area (Å²) in [6.07, 6.45) is 0.652. The maximum Gasteiger partial charge on any atom is 0.335 e. The topological polar surface area (TPSA) is 37.3 Å². The molecule has 0 radical (unpaired) electrons. The van der Waals surface area contributed by atoms with Gasteiger partial charge in [0.15, 0.2) is 0 Å². The largest absolute Gasteiger partial charge is 0.478 e. The summed E-state index contributed by atoms with van der Waals surface area (Å²) >= 11 is 2.20. The van der Waals surface area contributed by atoms with Crippen molar-refractivity contribution >= 4 is 28.6 Å². The van der Waals surface area contributed by atoms with Gasteiger partial charge in [-0.1, -0.05) is 30.3 Å². The third-order valence-corrected chi connectivity index (χ3v) is 3.21. The van der Waals surface area contributed by atoms with Crippen LogP contribution in [0.3, 0.4) is 0 Å². The molecule has 0 amide bonds. The lowest BCUT2D eigenvalue weighted by Gasteiger charge is -2.07. The first-order chi connectivity index (χ1) is 8.16. The van der Waals surface area contributed by atoms with Gasteiger partial charge in [-0.05, 0) is 58.3 Å². The molecule has 86 valence electrons. The Morgan fingerprint density at radius 3 is 2.47 bits per heavy atom. The molecule has 17 heavy (non-hydrogen) atoms. The van der Waals surface area contributed by atoms with Crippen LogP contribution in [-0.4, -0.2) is 11.1 Å². The average molecular weight is 338 g/mol. The predicted molar refractivity (Wildman–Crippen MR) is 75.4 cm³/mol. The normalized spacial score (nSPS) is 10.2. The molecule has 2 nitrogen and oxygen atoms in total. The zero-order valence-electron chi connectivity index (χ0n) is 9.06.